The molecule has 0 bridgehead atoms. The normalized spacial score (nSPS) is 16.9. The Balaban J connectivity index is 1.66. The highest BCUT2D eigenvalue weighted by molar-refractivity contribution is 6.31. The molecule has 1 atom stereocenters. The summed E-state index contributed by atoms with van der Waals surface area (Å²) in [6.45, 7) is 5.55. The highest BCUT2D eigenvalue weighted by atomic mass is 35.5. The van der Waals surface area contributed by atoms with Gasteiger partial charge in [0, 0.05) is 18.2 Å². The summed E-state index contributed by atoms with van der Waals surface area (Å²) in [5, 5.41) is 9.34. The smallest absolute Gasteiger partial charge is 0.253 e. The highest BCUT2D eigenvalue weighted by Crippen LogP contribution is 2.25. The van der Waals surface area contributed by atoms with Crippen LogP contribution in [0.3, 0.4) is 0 Å². The van der Waals surface area contributed by atoms with Crippen molar-refractivity contribution in [3.05, 3.63) is 64.2 Å². The quantitative estimate of drug-likeness (QED) is 0.746. The second-order valence-electron chi connectivity index (χ2n) is 7.16. The van der Waals surface area contributed by atoms with Crippen LogP contribution in [-0.4, -0.2) is 30.0 Å². The summed E-state index contributed by atoms with van der Waals surface area (Å²) in [4.78, 5) is 14.7. The summed E-state index contributed by atoms with van der Waals surface area (Å²) < 4.78 is 6.01. The van der Waals surface area contributed by atoms with Crippen LogP contribution in [-0.2, 0) is 0 Å². The molecule has 2 aromatic carbocycles. The molecule has 4 nitrogen and oxygen atoms in total. The van der Waals surface area contributed by atoms with Gasteiger partial charge < -0.3 is 9.64 Å². The average molecular weight is 383 g/mol. The standard InChI is InChI=1S/C22H23ClN2O2/c1-15(2)16-5-7-17(8-6-16)22(26)25-11-3-4-20(14-25)27-19-10-9-18(13-24)21(23)12-19/h5-10,12,15,20H,3-4,11,14H2,1-2H3. The molecule has 1 fully saturated rings. The third kappa shape index (κ3) is 4.61. The Labute approximate surface area is 165 Å². The van der Waals surface area contributed by atoms with Crippen molar-refractivity contribution in [2.24, 2.45) is 0 Å². The third-order valence-corrected chi connectivity index (χ3v) is 5.17. The Morgan fingerprint density at radius 3 is 2.63 bits per heavy atom. The fourth-order valence-electron chi connectivity index (χ4n) is 3.26. The predicted molar refractivity (Wildman–Crippen MR) is 106 cm³/mol. The summed E-state index contributed by atoms with van der Waals surface area (Å²) >= 11 is 6.07. The molecule has 1 aliphatic heterocycles. The molecule has 1 unspecified atom stereocenters. The Kier molecular flexibility index (Phi) is 6.03. The lowest BCUT2D eigenvalue weighted by Gasteiger charge is -2.33. The predicted octanol–water partition coefficient (Wildman–Crippen LogP) is 5.02. The number of ether oxygens (including phenoxy) is 1. The van der Waals surface area contributed by atoms with E-state index in [4.69, 9.17) is 21.6 Å². The SMILES string of the molecule is CC(C)c1ccc(C(=O)N2CCCC(Oc3ccc(C#N)c(Cl)c3)C2)cc1. The van der Waals surface area contributed by atoms with Crippen LogP contribution in [0, 0.1) is 11.3 Å². The number of amides is 1. The van der Waals surface area contributed by atoms with E-state index in [1.807, 2.05) is 35.2 Å². The minimum atomic E-state index is -0.0818. The van der Waals surface area contributed by atoms with Crippen LogP contribution >= 0.6 is 11.6 Å². The number of halogens is 1. The van der Waals surface area contributed by atoms with Gasteiger partial charge in [-0.3, -0.25) is 4.79 Å². The zero-order valence-corrected chi connectivity index (χ0v) is 16.4. The van der Waals surface area contributed by atoms with Gasteiger partial charge >= 0.3 is 0 Å². The first-order valence-corrected chi connectivity index (χ1v) is 9.61. The summed E-state index contributed by atoms with van der Waals surface area (Å²) in [7, 11) is 0. The van der Waals surface area contributed by atoms with E-state index in [2.05, 4.69) is 13.8 Å². The van der Waals surface area contributed by atoms with Gasteiger partial charge in [-0.15, -0.1) is 0 Å². The minimum absolute atomic E-state index is 0.0384. The number of likely N-dealkylation sites (tertiary alicyclic amines) is 1. The van der Waals surface area contributed by atoms with E-state index < -0.39 is 0 Å². The lowest BCUT2D eigenvalue weighted by molar-refractivity contribution is 0.0538. The molecule has 0 saturated carbocycles. The molecule has 0 aromatic heterocycles. The van der Waals surface area contributed by atoms with Gasteiger partial charge in [0.1, 0.15) is 17.9 Å². The van der Waals surface area contributed by atoms with Gasteiger partial charge in [0.05, 0.1) is 17.1 Å². The number of rotatable bonds is 4. The lowest BCUT2D eigenvalue weighted by atomic mass is 10.0. The van der Waals surface area contributed by atoms with Crippen LogP contribution in [0.25, 0.3) is 0 Å². The number of piperidine rings is 1. The van der Waals surface area contributed by atoms with Gasteiger partial charge in [0.25, 0.3) is 5.91 Å². The van der Waals surface area contributed by atoms with Crippen molar-refractivity contribution in [2.75, 3.05) is 13.1 Å². The van der Waals surface area contributed by atoms with E-state index >= 15 is 0 Å². The molecule has 1 aliphatic rings. The first kappa shape index (κ1) is 19.3. The maximum absolute atomic E-state index is 12.8. The average Bonchev–Trinajstić information content (AvgIpc) is 2.68. The van der Waals surface area contributed by atoms with E-state index in [0.717, 1.165) is 19.4 Å². The molecule has 1 amide bonds. The van der Waals surface area contributed by atoms with Crippen LogP contribution in [0.2, 0.25) is 5.02 Å². The summed E-state index contributed by atoms with van der Waals surface area (Å²) in [5.74, 6) is 1.11. The van der Waals surface area contributed by atoms with Gasteiger partial charge in [0.15, 0.2) is 0 Å². The number of nitriles is 1. The number of hydrogen-bond acceptors (Lipinski definition) is 3. The molecule has 0 spiro atoms. The molecule has 140 valence electrons. The maximum atomic E-state index is 12.8. The van der Waals surface area contributed by atoms with Crippen LogP contribution in [0.15, 0.2) is 42.5 Å². The lowest BCUT2D eigenvalue weighted by Crippen LogP contribution is -2.44. The fourth-order valence-corrected chi connectivity index (χ4v) is 3.48. The van der Waals surface area contributed by atoms with Gasteiger partial charge in [-0.05, 0) is 48.6 Å². The molecule has 0 aliphatic carbocycles. The fraction of sp³-hybridized carbons (Fsp3) is 0.364. The molecule has 2 aromatic rings. The van der Waals surface area contributed by atoms with Crippen molar-refractivity contribution in [1.29, 1.82) is 5.26 Å². The van der Waals surface area contributed by atoms with Gasteiger partial charge in [-0.25, -0.2) is 0 Å². The Bertz CT molecular complexity index is 856. The molecular formula is C22H23ClN2O2. The molecule has 1 saturated heterocycles. The van der Waals surface area contributed by atoms with Gasteiger partial charge in [-0.1, -0.05) is 37.6 Å². The van der Waals surface area contributed by atoms with E-state index in [1.54, 1.807) is 18.2 Å². The first-order chi connectivity index (χ1) is 13.0. The first-order valence-electron chi connectivity index (χ1n) is 9.23. The second kappa shape index (κ2) is 8.45. The van der Waals surface area contributed by atoms with Crippen LogP contribution < -0.4 is 4.74 Å². The summed E-state index contributed by atoms with van der Waals surface area (Å²) in [6, 6.07) is 14.9. The molecule has 0 N–H and O–H groups in total. The van der Waals surface area contributed by atoms with E-state index in [0.29, 0.717) is 34.4 Å². The van der Waals surface area contributed by atoms with E-state index in [1.165, 1.54) is 5.56 Å². The monoisotopic (exact) mass is 382 g/mol. The molecular weight excluding hydrogens is 360 g/mol. The number of carbonyl (C=O) groups excluding carboxylic acids is 1. The molecule has 0 radical (unpaired) electrons. The topological polar surface area (TPSA) is 53.3 Å². The van der Waals surface area contributed by atoms with Gasteiger partial charge in [0.2, 0.25) is 0 Å². The van der Waals surface area contributed by atoms with E-state index in [9.17, 15) is 4.79 Å². The summed E-state index contributed by atoms with van der Waals surface area (Å²) in [5.41, 5.74) is 2.36. The van der Waals surface area contributed by atoms with Crippen molar-refractivity contribution in [3.63, 3.8) is 0 Å². The largest absolute Gasteiger partial charge is 0.489 e. The second-order valence-corrected chi connectivity index (χ2v) is 7.57. The third-order valence-electron chi connectivity index (χ3n) is 4.85. The van der Waals surface area contributed by atoms with Crippen molar-refractivity contribution in [3.8, 4) is 11.8 Å². The van der Waals surface area contributed by atoms with E-state index in [-0.39, 0.29) is 12.0 Å². The summed E-state index contributed by atoms with van der Waals surface area (Å²) in [6.07, 6.45) is 1.69. The maximum Gasteiger partial charge on any atom is 0.253 e. The molecule has 5 heteroatoms. The Morgan fingerprint density at radius 1 is 1.26 bits per heavy atom. The number of carbonyl (C=O) groups is 1. The zero-order chi connectivity index (χ0) is 19.4. The number of hydrogen-bond donors (Lipinski definition) is 0. The Hall–Kier alpha value is -2.51. The van der Waals surface area contributed by atoms with Crippen molar-refractivity contribution in [1.82, 2.24) is 4.90 Å². The van der Waals surface area contributed by atoms with Crippen LogP contribution in [0.4, 0.5) is 0 Å². The minimum Gasteiger partial charge on any atom is -0.489 e. The van der Waals surface area contributed by atoms with Gasteiger partial charge in [-0.2, -0.15) is 5.26 Å². The van der Waals surface area contributed by atoms with Crippen LogP contribution in [0.1, 0.15) is 54.1 Å². The molecule has 27 heavy (non-hydrogen) atoms. The van der Waals surface area contributed by atoms with Crippen molar-refractivity contribution >= 4 is 17.5 Å². The van der Waals surface area contributed by atoms with Crippen molar-refractivity contribution < 1.29 is 9.53 Å². The van der Waals surface area contributed by atoms with Crippen molar-refractivity contribution in [2.45, 2.75) is 38.7 Å². The highest BCUT2D eigenvalue weighted by Gasteiger charge is 2.26. The molecule has 1 heterocycles. The number of benzene rings is 2. The number of nitrogens with zero attached hydrogens (tertiary/aromatic N) is 2. The molecule has 3 rings (SSSR count). The Morgan fingerprint density at radius 2 is 2.00 bits per heavy atom. The van der Waals surface area contributed by atoms with Crippen LogP contribution in [0.5, 0.6) is 5.75 Å². The zero-order valence-electron chi connectivity index (χ0n) is 15.6.